The van der Waals surface area contributed by atoms with Crippen LogP contribution in [0.25, 0.3) is 0 Å². The Labute approximate surface area is 198 Å². The molecule has 0 amide bonds. The van der Waals surface area contributed by atoms with E-state index in [4.69, 9.17) is 9.47 Å². The number of Topliss-reactive ketones (excluding diaryl/α,β-unsaturated/α-hetero) is 1. The second-order valence-corrected chi connectivity index (χ2v) is 9.31. The lowest BCUT2D eigenvalue weighted by atomic mass is 9.87. The zero-order valence-electron chi connectivity index (χ0n) is 21.0. The molecule has 1 saturated carbocycles. The van der Waals surface area contributed by atoms with Crippen LogP contribution in [0.3, 0.4) is 0 Å². The summed E-state index contributed by atoms with van der Waals surface area (Å²) in [5.41, 5.74) is -0.590. The van der Waals surface area contributed by atoms with Crippen LogP contribution in [0.1, 0.15) is 98.3 Å². The highest BCUT2D eigenvalue weighted by Gasteiger charge is 2.42. The number of hydrogen-bond donors (Lipinski definition) is 0. The maximum atomic E-state index is 12.7. The van der Waals surface area contributed by atoms with E-state index in [1.165, 1.54) is 21.0 Å². The van der Waals surface area contributed by atoms with Crippen LogP contribution < -0.4 is 0 Å². The third-order valence-electron chi connectivity index (χ3n) is 6.26. The Bertz CT molecular complexity index is 684. The minimum absolute atomic E-state index is 0.124. The topological polar surface area (TPSA) is 96.0 Å². The first-order valence-corrected chi connectivity index (χ1v) is 12.2. The Morgan fingerprint density at radius 2 is 1.76 bits per heavy atom. The molecule has 0 aromatic carbocycles. The summed E-state index contributed by atoms with van der Waals surface area (Å²) >= 11 is 0. The molecule has 0 aromatic rings. The molecule has 1 fully saturated rings. The molecule has 0 saturated heterocycles. The molecule has 4 atom stereocenters. The van der Waals surface area contributed by atoms with E-state index in [1.807, 2.05) is 19.1 Å². The van der Waals surface area contributed by atoms with Gasteiger partial charge >= 0.3 is 17.9 Å². The lowest BCUT2D eigenvalue weighted by molar-refractivity contribution is -0.156. The van der Waals surface area contributed by atoms with Crippen LogP contribution >= 0.6 is 0 Å². The van der Waals surface area contributed by atoms with Crippen molar-refractivity contribution in [3.8, 4) is 0 Å². The van der Waals surface area contributed by atoms with Crippen molar-refractivity contribution in [1.82, 2.24) is 0 Å². The summed E-state index contributed by atoms with van der Waals surface area (Å²) in [5.74, 6) is -1.14. The summed E-state index contributed by atoms with van der Waals surface area (Å²) in [4.78, 5) is 47.1. The Morgan fingerprint density at radius 1 is 1.06 bits per heavy atom. The quantitative estimate of drug-likeness (QED) is 0.143. The normalized spacial score (nSPS) is 22.2. The van der Waals surface area contributed by atoms with Crippen molar-refractivity contribution >= 4 is 23.7 Å². The number of rotatable bonds is 15. The second kappa shape index (κ2) is 14.9. The van der Waals surface area contributed by atoms with Gasteiger partial charge in [0.1, 0.15) is 17.5 Å². The third-order valence-corrected chi connectivity index (χ3v) is 6.26. The van der Waals surface area contributed by atoms with Crippen molar-refractivity contribution in [3.05, 3.63) is 12.2 Å². The van der Waals surface area contributed by atoms with Crippen LogP contribution in [-0.2, 0) is 33.4 Å². The van der Waals surface area contributed by atoms with Gasteiger partial charge in [-0.2, -0.15) is 0 Å². The number of esters is 3. The van der Waals surface area contributed by atoms with Crippen molar-refractivity contribution < 1.29 is 33.4 Å². The lowest BCUT2D eigenvalue weighted by Gasteiger charge is -2.28. The first-order valence-electron chi connectivity index (χ1n) is 12.2. The van der Waals surface area contributed by atoms with Gasteiger partial charge in [-0.3, -0.25) is 19.2 Å². The Kier molecular flexibility index (Phi) is 13.0. The molecule has 0 spiro atoms. The van der Waals surface area contributed by atoms with Gasteiger partial charge < -0.3 is 14.2 Å². The highest BCUT2D eigenvalue weighted by atomic mass is 16.6. The predicted molar refractivity (Wildman–Crippen MR) is 125 cm³/mol. The van der Waals surface area contributed by atoms with Crippen LogP contribution in [0.4, 0.5) is 0 Å². The summed E-state index contributed by atoms with van der Waals surface area (Å²) in [6.45, 7) is 6.81. The zero-order chi connectivity index (χ0) is 24.9. The Balaban J connectivity index is 2.77. The average Bonchev–Trinajstić information content (AvgIpc) is 3.01. The van der Waals surface area contributed by atoms with E-state index in [9.17, 15) is 19.2 Å². The lowest BCUT2D eigenvalue weighted by Crippen LogP contribution is -2.30. The van der Waals surface area contributed by atoms with E-state index in [-0.39, 0.29) is 41.9 Å². The summed E-state index contributed by atoms with van der Waals surface area (Å²) in [6, 6.07) is 0. The molecule has 188 valence electrons. The van der Waals surface area contributed by atoms with Gasteiger partial charge in [0.05, 0.1) is 7.11 Å². The molecule has 0 aromatic heterocycles. The van der Waals surface area contributed by atoms with Crippen molar-refractivity contribution in [2.45, 2.75) is 110 Å². The molecule has 1 rings (SSSR count). The van der Waals surface area contributed by atoms with Crippen LogP contribution in [-0.4, -0.2) is 42.5 Å². The number of ketones is 1. The van der Waals surface area contributed by atoms with E-state index in [0.29, 0.717) is 12.8 Å². The van der Waals surface area contributed by atoms with Gasteiger partial charge in [0, 0.05) is 44.9 Å². The molecular weight excluding hydrogens is 424 g/mol. The molecule has 33 heavy (non-hydrogen) atoms. The first kappa shape index (κ1) is 28.9. The minimum Gasteiger partial charge on any atom is -0.469 e. The van der Waals surface area contributed by atoms with Crippen molar-refractivity contribution in [3.63, 3.8) is 0 Å². The van der Waals surface area contributed by atoms with Gasteiger partial charge in [-0.05, 0) is 32.6 Å². The molecule has 0 heterocycles. The molecule has 0 aliphatic heterocycles. The summed E-state index contributed by atoms with van der Waals surface area (Å²) in [5, 5.41) is 0. The fraction of sp³-hybridized carbons (Fsp3) is 0.769. The molecule has 0 unspecified atom stereocenters. The molecule has 1 aliphatic carbocycles. The molecule has 7 heteroatoms. The van der Waals surface area contributed by atoms with Gasteiger partial charge in [-0.15, -0.1) is 0 Å². The van der Waals surface area contributed by atoms with Gasteiger partial charge in [0.15, 0.2) is 0 Å². The summed E-state index contributed by atoms with van der Waals surface area (Å²) in [6.07, 6.45) is 11.6. The first-order chi connectivity index (χ1) is 15.6. The van der Waals surface area contributed by atoms with Crippen molar-refractivity contribution in [2.24, 2.45) is 11.8 Å². The van der Waals surface area contributed by atoms with E-state index in [2.05, 4.69) is 11.7 Å². The number of ether oxygens (including phenoxy) is 3. The van der Waals surface area contributed by atoms with Crippen molar-refractivity contribution in [2.75, 3.05) is 7.11 Å². The highest BCUT2D eigenvalue weighted by molar-refractivity contribution is 5.85. The standard InChI is InChI=1S/C26H42O7/c1-6-7-16-26(4,33-20(3)28)17-12-14-22-21(23(29)18-24(22)32-19(2)27)13-10-8-9-11-15-25(30)31-5/h12,14,21-22,24H,6-11,13,15-18H2,1-5H3/t21-,22-,24+,26-/m0/s1. The molecule has 0 bridgehead atoms. The van der Waals surface area contributed by atoms with E-state index in [0.717, 1.165) is 51.4 Å². The van der Waals surface area contributed by atoms with Gasteiger partial charge in [-0.1, -0.05) is 44.8 Å². The molecule has 0 N–H and O–H groups in total. The smallest absolute Gasteiger partial charge is 0.305 e. The summed E-state index contributed by atoms with van der Waals surface area (Å²) in [7, 11) is 1.39. The largest absolute Gasteiger partial charge is 0.469 e. The number of carbonyl (C=O) groups excluding carboxylic acids is 4. The van der Waals surface area contributed by atoms with Crippen molar-refractivity contribution in [1.29, 1.82) is 0 Å². The van der Waals surface area contributed by atoms with E-state index >= 15 is 0 Å². The highest BCUT2D eigenvalue weighted by Crippen LogP contribution is 2.37. The zero-order valence-corrected chi connectivity index (χ0v) is 21.0. The van der Waals surface area contributed by atoms with Crippen LogP contribution in [0.5, 0.6) is 0 Å². The third kappa shape index (κ3) is 11.0. The maximum absolute atomic E-state index is 12.7. The van der Waals surface area contributed by atoms with Gasteiger partial charge in [0.25, 0.3) is 0 Å². The number of unbranched alkanes of at least 4 members (excludes halogenated alkanes) is 4. The minimum atomic E-state index is -0.590. The molecular formula is C26H42O7. The monoisotopic (exact) mass is 466 g/mol. The Hall–Kier alpha value is -2.18. The number of carbonyl (C=O) groups is 4. The molecule has 1 aliphatic rings. The van der Waals surface area contributed by atoms with E-state index < -0.39 is 11.7 Å². The fourth-order valence-corrected chi connectivity index (χ4v) is 4.56. The predicted octanol–water partition coefficient (Wildman–Crippen LogP) is 5.10. The molecule has 0 radical (unpaired) electrons. The van der Waals surface area contributed by atoms with Crippen LogP contribution in [0.15, 0.2) is 12.2 Å². The van der Waals surface area contributed by atoms with Gasteiger partial charge in [0.2, 0.25) is 0 Å². The maximum Gasteiger partial charge on any atom is 0.305 e. The summed E-state index contributed by atoms with van der Waals surface area (Å²) < 4.78 is 15.7. The van der Waals surface area contributed by atoms with Crippen LogP contribution in [0, 0.1) is 11.8 Å². The van der Waals surface area contributed by atoms with Crippen LogP contribution in [0.2, 0.25) is 0 Å². The average molecular weight is 467 g/mol. The second-order valence-electron chi connectivity index (χ2n) is 9.31. The van der Waals surface area contributed by atoms with E-state index in [1.54, 1.807) is 0 Å². The van der Waals surface area contributed by atoms with Gasteiger partial charge in [-0.25, -0.2) is 0 Å². The fourth-order valence-electron chi connectivity index (χ4n) is 4.56. The Morgan fingerprint density at radius 3 is 2.36 bits per heavy atom. The SMILES string of the molecule is CCCC[C@@](C)(CC=C[C@H]1[C@H](CCCCCCC(=O)OC)C(=O)C[C@H]1OC(C)=O)OC(C)=O. The molecule has 7 nitrogen and oxygen atoms in total. The number of hydrogen-bond acceptors (Lipinski definition) is 7. The number of methoxy groups -OCH3 is 1.